The van der Waals surface area contributed by atoms with E-state index < -0.39 is 0 Å². The SMILES string of the molecule is Cc1oc(C)c(C(Cl)c2cc(Br)c(Cl)s2)c1C. The molecule has 0 radical (unpaired) electrons. The van der Waals surface area contributed by atoms with Gasteiger partial charge in [-0.05, 0) is 48.3 Å². The molecule has 0 saturated heterocycles. The van der Waals surface area contributed by atoms with Crippen LogP contribution in [0.2, 0.25) is 4.34 Å². The predicted molar refractivity (Wildman–Crippen MR) is 77.6 cm³/mol. The van der Waals surface area contributed by atoms with E-state index in [-0.39, 0.29) is 5.38 Å². The van der Waals surface area contributed by atoms with Crippen LogP contribution in [0.1, 0.15) is 32.9 Å². The Morgan fingerprint density at radius 1 is 1.29 bits per heavy atom. The van der Waals surface area contributed by atoms with Gasteiger partial charge in [-0.25, -0.2) is 0 Å². The maximum atomic E-state index is 6.51. The molecule has 2 rings (SSSR count). The van der Waals surface area contributed by atoms with Crippen LogP contribution in [-0.2, 0) is 0 Å². The van der Waals surface area contributed by atoms with Gasteiger partial charge in [-0.1, -0.05) is 11.6 Å². The van der Waals surface area contributed by atoms with Crippen LogP contribution in [-0.4, -0.2) is 0 Å². The summed E-state index contributed by atoms with van der Waals surface area (Å²) in [6, 6.07) is 1.96. The molecule has 0 bridgehead atoms. The molecular formula is C12H11BrCl2OS. The molecule has 0 fully saturated rings. The fraction of sp³-hybridized carbons (Fsp3) is 0.333. The lowest BCUT2D eigenvalue weighted by Crippen LogP contribution is -1.93. The molecule has 0 aliphatic heterocycles. The molecule has 1 nitrogen and oxygen atoms in total. The Hall–Kier alpha value is 0.0400. The number of alkyl halides is 1. The molecule has 0 aromatic carbocycles. The normalized spacial score (nSPS) is 13.1. The Morgan fingerprint density at radius 3 is 2.35 bits per heavy atom. The summed E-state index contributed by atoms with van der Waals surface area (Å²) in [6.45, 7) is 5.92. The second-order valence-corrected chi connectivity index (χ2v) is 6.86. The lowest BCUT2D eigenvalue weighted by atomic mass is 10.1. The average Bonchev–Trinajstić information content (AvgIpc) is 2.70. The van der Waals surface area contributed by atoms with E-state index in [1.807, 2.05) is 26.8 Å². The molecular weight excluding hydrogens is 343 g/mol. The van der Waals surface area contributed by atoms with Crippen LogP contribution >= 0.6 is 50.5 Å². The predicted octanol–water partition coefficient (Wildman–Crippen LogP) is 6.01. The second-order valence-electron chi connectivity index (χ2n) is 3.89. The maximum Gasteiger partial charge on any atom is 0.107 e. The lowest BCUT2D eigenvalue weighted by Gasteiger charge is -2.07. The van der Waals surface area contributed by atoms with Gasteiger partial charge >= 0.3 is 0 Å². The van der Waals surface area contributed by atoms with Crippen molar-refractivity contribution in [3.05, 3.63) is 42.4 Å². The van der Waals surface area contributed by atoms with E-state index in [9.17, 15) is 0 Å². The Bertz CT molecular complexity index is 540. The van der Waals surface area contributed by atoms with Crippen molar-refractivity contribution in [2.75, 3.05) is 0 Å². The van der Waals surface area contributed by atoms with Crippen molar-refractivity contribution in [2.24, 2.45) is 0 Å². The Kier molecular flexibility index (Phi) is 3.93. The largest absolute Gasteiger partial charge is 0.466 e. The number of halogens is 3. The van der Waals surface area contributed by atoms with Crippen molar-refractivity contribution in [3.8, 4) is 0 Å². The van der Waals surface area contributed by atoms with E-state index in [4.69, 9.17) is 27.6 Å². The van der Waals surface area contributed by atoms with Gasteiger partial charge in [-0.3, -0.25) is 0 Å². The van der Waals surface area contributed by atoms with E-state index in [2.05, 4.69) is 15.9 Å². The zero-order valence-corrected chi connectivity index (χ0v) is 13.5. The summed E-state index contributed by atoms with van der Waals surface area (Å²) >= 11 is 17.4. The molecule has 0 spiro atoms. The first-order valence-electron chi connectivity index (χ1n) is 5.07. The summed E-state index contributed by atoms with van der Waals surface area (Å²) in [6.07, 6.45) is 0. The molecule has 0 aliphatic rings. The summed E-state index contributed by atoms with van der Waals surface area (Å²) in [7, 11) is 0. The van der Waals surface area contributed by atoms with E-state index in [1.54, 1.807) is 0 Å². The summed E-state index contributed by atoms with van der Waals surface area (Å²) in [4.78, 5) is 1.02. The zero-order valence-electron chi connectivity index (χ0n) is 9.61. The number of thiophene rings is 1. The number of hydrogen-bond donors (Lipinski definition) is 0. The van der Waals surface area contributed by atoms with Gasteiger partial charge in [-0.15, -0.1) is 22.9 Å². The van der Waals surface area contributed by atoms with Crippen molar-refractivity contribution in [1.29, 1.82) is 0 Å². The van der Waals surface area contributed by atoms with Crippen LogP contribution in [0.5, 0.6) is 0 Å². The zero-order chi connectivity index (χ0) is 12.7. The van der Waals surface area contributed by atoms with Gasteiger partial charge < -0.3 is 4.42 Å². The van der Waals surface area contributed by atoms with Crippen LogP contribution in [0.4, 0.5) is 0 Å². The fourth-order valence-electron chi connectivity index (χ4n) is 1.81. The van der Waals surface area contributed by atoms with Crippen LogP contribution < -0.4 is 0 Å². The number of hydrogen-bond acceptors (Lipinski definition) is 2. The molecule has 0 amide bonds. The van der Waals surface area contributed by atoms with E-state index in [0.717, 1.165) is 36.3 Å². The summed E-state index contributed by atoms with van der Waals surface area (Å²) in [5, 5.41) is -0.207. The first kappa shape index (κ1) is 13.5. The number of rotatable bonds is 2. The van der Waals surface area contributed by atoms with Crippen LogP contribution in [0.3, 0.4) is 0 Å². The Morgan fingerprint density at radius 2 is 1.94 bits per heavy atom. The standard InChI is InChI=1S/C12H11BrCl2OS/c1-5-6(2)16-7(3)10(5)11(14)9-4-8(13)12(15)17-9/h4,11H,1-3H3. The maximum absolute atomic E-state index is 6.51. The minimum atomic E-state index is -0.207. The molecule has 5 heteroatoms. The monoisotopic (exact) mass is 352 g/mol. The molecule has 17 heavy (non-hydrogen) atoms. The van der Waals surface area contributed by atoms with Crippen molar-refractivity contribution in [1.82, 2.24) is 0 Å². The quantitative estimate of drug-likeness (QED) is 0.602. The van der Waals surface area contributed by atoms with Gasteiger partial charge in [0.1, 0.15) is 15.9 Å². The fourth-order valence-corrected chi connectivity index (χ4v) is 4.05. The van der Waals surface area contributed by atoms with Crippen molar-refractivity contribution in [2.45, 2.75) is 26.1 Å². The highest BCUT2D eigenvalue weighted by Crippen LogP contribution is 2.42. The second kappa shape index (κ2) is 4.96. The van der Waals surface area contributed by atoms with Gasteiger partial charge in [0.2, 0.25) is 0 Å². The van der Waals surface area contributed by atoms with E-state index in [1.165, 1.54) is 11.3 Å². The van der Waals surface area contributed by atoms with Gasteiger partial charge in [0, 0.05) is 14.9 Å². The average molecular weight is 354 g/mol. The molecule has 2 heterocycles. The minimum Gasteiger partial charge on any atom is -0.466 e. The molecule has 0 aliphatic carbocycles. The van der Waals surface area contributed by atoms with Gasteiger partial charge in [-0.2, -0.15) is 0 Å². The molecule has 0 N–H and O–H groups in total. The summed E-state index contributed by atoms with van der Waals surface area (Å²) < 4.78 is 7.21. The third-order valence-corrected chi connectivity index (χ3v) is 5.91. The van der Waals surface area contributed by atoms with Gasteiger partial charge in [0.15, 0.2) is 0 Å². The van der Waals surface area contributed by atoms with E-state index >= 15 is 0 Å². The lowest BCUT2D eigenvalue weighted by molar-refractivity contribution is 0.500. The third kappa shape index (κ3) is 2.43. The van der Waals surface area contributed by atoms with Crippen LogP contribution in [0.15, 0.2) is 15.0 Å². The summed E-state index contributed by atoms with van der Waals surface area (Å²) in [5.41, 5.74) is 2.16. The van der Waals surface area contributed by atoms with Gasteiger partial charge in [0.25, 0.3) is 0 Å². The molecule has 1 unspecified atom stereocenters. The van der Waals surface area contributed by atoms with Crippen molar-refractivity contribution in [3.63, 3.8) is 0 Å². The highest BCUT2D eigenvalue weighted by atomic mass is 79.9. The summed E-state index contributed by atoms with van der Waals surface area (Å²) in [5.74, 6) is 1.80. The number of aryl methyl sites for hydroxylation is 2. The highest BCUT2D eigenvalue weighted by molar-refractivity contribution is 9.10. The van der Waals surface area contributed by atoms with Crippen molar-refractivity contribution >= 4 is 50.5 Å². The molecule has 2 aromatic rings. The highest BCUT2D eigenvalue weighted by Gasteiger charge is 2.23. The van der Waals surface area contributed by atoms with Crippen molar-refractivity contribution < 1.29 is 4.42 Å². The molecule has 2 aromatic heterocycles. The molecule has 92 valence electrons. The first-order chi connectivity index (χ1) is 7.91. The molecule has 0 saturated carbocycles. The van der Waals surface area contributed by atoms with Gasteiger partial charge in [0.05, 0.1) is 5.38 Å². The topological polar surface area (TPSA) is 13.1 Å². The van der Waals surface area contributed by atoms with E-state index in [0.29, 0.717) is 0 Å². The number of furan rings is 1. The Balaban J connectivity index is 2.46. The van der Waals surface area contributed by atoms with Crippen LogP contribution in [0.25, 0.3) is 0 Å². The smallest absolute Gasteiger partial charge is 0.107 e. The minimum absolute atomic E-state index is 0.207. The van der Waals surface area contributed by atoms with Crippen LogP contribution in [0, 0.1) is 20.8 Å². The first-order valence-corrected chi connectivity index (χ1v) is 7.49. The Labute approximate surface area is 123 Å². The third-order valence-electron chi connectivity index (χ3n) is 2.79. The molecule has 1 atom stereocenters.